The largest absolute Gasteiger partial charge is 0.478 e. The monoisotopic (exact) mass is 276 g/mol. The molecule has 0 fully saturated rings. The van der Waals surface area contributed by atoms with Crippen LogP contribution in [0.1, 0.15) is 29.8 Å². The van der Waals surface area contributed by atoms with Crippen LogP contribution < -0.4 is 5.32 Å². The number of carbonyl (C=O) groups is 2. The summed E-state index contributed by atoms with van der Waals surface area (Å²) >= 11 is 0. The van der Waals surface area contributed by atoms with Gasteiger partial charge in [-0.05, 0) is 44.5 Å². The summed E-state index contributed by atoms with van der Waals surface area (Å²) in [6.07, 6.45) is 1.67. The molecule has 0 atom stereocenters. The van der Waals surface area contributed by atoms with Crippen LogP contribution in [0.2, 0.25) is 0 Å². The molecule has 1 aromatic rings. The highest BCUT2D eigenvalue weighted by Crippen LogP contribution is 2.16. The predicted molar refractivity (Wildman–Crippen MR) is 79.2 cm³/mol. The number of nitrogens with one attached hydrogen (secondary N) is 1. The van der Waals surface area contributed by atoms with Crippen LogP contribution in [0.15, 0.2) is 30.9 Å². The van der Waals surface area contributed by atoms with Gasteiger partial charge in [0.05, 0.1) is 5.56 Å². The van der Waals surface area contributed by atoms with E-state index in [1.54, 1.807) is 30.0 Å². The van der Waals surface area contributed by atoms with Crippen molar-refractivity contribution in [2.75, 3.05) is 11.9 Å². The van der Waals surface area contributed by atoms with Crippen molar-refractivity contribution in [1.82, 2.24) is 4.90 Å². The van der Waals surface area contributed by atoms with E-state index in [4.69, 9.17) is 5.11 Å². The lowest BCUT2D eigenvalue weighted by molar-refractivity contribution is 0.0696. The van der Waals surface area contributed by atoms with E-state index in [1.165, 1.54) is 6.07 Å². The van der Waals surface area contributed by atoms with Crippen LogP contribution in [0.4, 0.5) is 10.5 Å². The summed E-state index contributed by atoms with van der Waals surface area (Å²) in [5.74, 6) is -0.976. The lowest BCUT2D eigenvalue weighted by Crippen LogP contribution is -2.40. The van der Waals surface area contributed by atoms with Crippen LogP contribution >= 0.6 is 0 Å². The van der Waals surface area contributed by atoms with Crippen LogP contribution in [0.25, 0.3) is 0 Å². The maximum atomic E-state index is 12.1. The third-order valence-corrected chi connectivity index (χ3v) is 2.92. The molecule has 0 spiro atoms. The number of benzene rings is 1. The molecule has 0 aliphatic rings. The first-order valence-corrected chi connectivity index (χ1v) is 6.39. The van der Waals surface area contributed by atoms with Gasteiger partial charge in [0.25, 0.3) is 0 Å². The summed E-state index contributed by atoms with van der Waals surface area (Å²) in [6.45, 7) is 9.62. The molecule has 1 aromatic carbocycles. The highest BCUT2D eigenvalue weighted by Gasteiger charge is 2.16. The molecule has 0 unspecified atom stereocenters. The lowest BCUT2D eigenvalue weighted by Gasteiger charge is -2.25. The molecule has 5 heteroatoms. The van der Waals surface area contributed by atoms with Gasteiger partial charge in [-0.15, -0.1) is 6.58 Å². The van der Waals surface area contributed by atoms with Gasteiger partial charge in [0.15, 0.2) is 0 Å². The summed E-state index contributed by atoms with van der Waals surface area (Å²) in [4.78, 5) is 24.7. The lowest BCUT2D eigenvalue weighted by atomic mass is 10.1. The Bertz CT molecular complexity index is 524. The highest BCUT2D eigenvalue weighted by atomic mass is 16.4. The van der Waals surface area contributed by atoms with Crippen molar-refractivity contribution in [3.63, 3.8) is 0 Å². The first-order valence-electron chi connectivity index (χ1n) is 6.39. The molecule has 0 radical (unpaired) electrons. The fourth-order valence-electron chi connectivity index (χ4n) is 1.84. The zero-order valence-corrected chi connectivity index (χ0v) is 12.0. The molecular formula is C15H20N2O3. The van der Waals surface area contributed by atoms with Gasteiger partial charge in [0.2, 0.25) is 0 Å². The highest BCUT2D eigenvalue weighted by molar-refractivity contribution is 5.93. The third-order valence-electron chi connectivity index (χ3n) is 2.92. The molecule has 0 aromatic heterocycles. The van der Waals surface area contributed by atoms with Crippen LogP contribution in [0.5, 0.6) is 0 Å². The summed E-state index contributed by atoms with van der Waals surface area (Å²) in [5, 5.41) is 11.7. The molecule has 5 nitrogen and oxygen atoms in total. The van der Waals surface area contributed by atoms with Gasteiger partial charge >= 0.3 is 12.0 Å². The number of carboxylic acids is 1. The van der Waals surface area contributed by atoms with Gasteiger partial charge in [-0.1, -0.05) is 6.08 Å². The second-order valence-corrected chi connectivity index (χ2v) is 4.80. The topological polar surface area (TPSA) is 69.6 Å². The Hall–Kier alpha value is -2.30. The molecule has 0 bridgehead atoms. The van der Waals surface area contributed by atoms with Gasteiger partial charge in [-0.2, -0.15) is 0 Å². The number of carboxylic acid groups (broad SMARTS) is 1. The molecule has 20 heavy (non-hydrogen) atoms. The van der Waals surface area contributed by atoms with E-state index in [0.29, 0.717) is 17.8 Å². The standard InChI is InChI=1S/C15H20N2O3/c1-5-8-17(10(2)3)15(20)16-12-6-7-13(14(18)19)11(4)9-12/h5-7,9-10H,1,8H2,2-4H3,(H,16,20)(H,18,19). The second-order valence-electron chi connectivity index (χ2n) is 4.80. The average Bonchev–Trinajstić information content (AvgIpc) is 2.34. The number of carbonyl (C=O) groups excluding carboxylic acids is 1. The summed E-state index contributed by atoms with van der Waals surface area (Å²) in [5.41, 5.74) is 1.41. The van der Waals surface area contributed by atoms with Crippen molar-refractivity contribution in [1.29, 1.82) is 0 Å². The normalized spacial score (nSPS) is 10.2. The molecule has 0 aliphatic heterocycles. The number of urea groups is 1. The molecule has 0 saturated carbocycles. The molecule has 0 heterocycles. The Labute approximate surface area is 118 Å². The number of anilines is 1. The quantitative estimate of drug-likeness (QED) is 0.812. The molecule has 108 valence electrons. The first kappa shape index (κ1) is 15.8. The minimum atomic E-state index is -0.976. The van der Waals surface area contributed by atoms with Gasteiger partial charge < -0.3 is 15.3 Å². The van der Waals surface area contributed by atoms with Crippen molar-refractivity contribution in [2.24, 2.45) is 0 Å². The minimum Gasteiger partial charge on any atom is -0.478 e. The van der Waals surface area contributed by atoms with Crippen molar-refractivity contribution in [2.45, 2.75) is 26.8 Å². The van der Waals surface area contributed by atoms with E-state index in [9.17, 15) is 9.59 Å². The zero-order valence-electron chi connectivity index (χ0n) is 12.0. The molecule has 2 N–H and O–H groups in total. The Balaban J connectivity index is 2.87. The van der Waals surface area contributed by atoms with Crippen molar-refractivity contribution < 1.29 is 14.7 Å². The Morgan fingerprint density at radius 2 is 2.10 bits per heavy atom. The number of aryl methyl sites for hydroxylation is 1. The number of hydrogen-bond acceptors (Lipinski definition) is 2. The van der Waals surface area contributed by atoms with Gasteiger partial charge in [-0.25, -0.2) is 9.59 Å². The Morgan fingerprint density at radius 1 is 1.45 bits per heavy atom. The first-order chi connectivity index (χ1) is 9.36. The van der Waals surface area contributed by atoms with Gasteiger partial charge in [0.1, 0.15) is 0 Å². The Morgan fingerprint density at radius 3 is 2.55 bits per heavy atom. The maximum Gasteiger partial charge on any atom is 0.335 e. The fraction of sp³-hybridized carbons (Fsp3) is 0.333. The second kappa shape index (κ2) is 6.75. The molecule has 0 saturated heterocycles. The average molecular weight is 276 g/mol. The van der Waals surface area contributed by atoms with Crippen molar-refractivity contribution >= 4 is 17.7 Å². The molecule has 2 amide bonds. The third kappa shape index (κ3) is 3.85. The van der Waals surface area contributed by atoms with E-state index in [1.807, 2.05) is 13.8 Å². The summed E-state index contributed by atoms with van der Waals surface area (Å²) < 4.78 is 0. The predicted octanol–water partition coefficient (Wildman–Crippen LogP) is 3.12. The van der Waals surface area contributed by atoms with Crippen LogP contribution in [-0.4, -0.2) is 34.6 Å². The number of nitrogens with zero attached hydrogens (tertiary/aromatic N) is 1. The van der Waals surface area contributed by atoms with Gasteiger partial charge in [-0.3, -0.25) is 0 Å². The molecule has 1 rings (SSSR count). The summed E-state index contributed by atoms with van der Waals surface area (Å²) in [6, 6.07) is 4.53. The maximum absolute atomic E-state index is 12.1. The molecular weight excluding hydrogens is 256 g/mol. The van der Waals surface area contributed by atoms with Crippen LogP contribution in [0, 0.1) is 6.92 Å². The smallest absolute Gasteiger partial charge is 0.335 e. The number of aromatic carboxylic acids is 1. The molecule has 0 aliphatic carbocycles. The van der Waals surface area contributed by atoms with Gasteiger partial charge in [0, 0.05) is 18.3 Å². The number of amides is 2. The van der Waals surface area contributed by atoms with E-state index >= 15 is 0 Å². The van der Waals surface area contributed by atoms with E-state index < -0.39 is 5.97 Å². The minimum absolute atomic E-state index is 0.0485. The SMILES string of the molecule is C=CCN(C(=O)Nc1ccc(C(=O)O)c(C)c1)C(C)C. The number of rotatable bonds is 5. The summed E-state index contributed by atoms with van der Waals surface area (Å²) in [7, 11) is 0. The van der Waals surface area contributed by atoms with Crippen molar-refractivity contribution in [3.05, 3.63) is 42.0 Å². The van der Waals surface area contributed by atoms with Crippen LogP contribution in [0.3, 0.4) is 0 Å². The Kier molecular flexibility index (Phi) is 5.32. The van der Waals surface area contributed by atoms with Crippen molar-refractivity contribution in [3.8, 4) is 0 Å². The zero-order chi connectivity index (χ0) is 15.3. The fourth-order valence-corrected chi connectivity index (χ4v) is 1.84. The van der Waals surface area contributed by atoms with E-state index in [-0.39, 0.29) is 17.6 Å². The number of hydrogen-bond donors (Lipinski definition) is 2. The van der Waals surface area contributed by atoms with Crippen LogP contribution in [-0.2, 0) is 0 Å². The van der Waals surface area contributed by atoms with E-state index in [0.717, 1.165) is 0 Å². The van der Waals surface area contributed by atoms with E-state index in [2.05, 4.69) is 11.9 Å².